The first-order chi connectivity index (χ1) is 15.2. The van der Waals surface area contributed by atoms with E-state index in [1.165, 1.54) is 44.1 Å². The predicted octanol–water partition coefficient (Wildman–Crippen LogP) is 9.25. The Morgan fingerprint density at radius 1 is 0.871 bits per heavy atom. The summed E-state index contributed by atoms with van der Waals surface area (Å²) in [6.45, 7) is 7.98. The quantitative estimate of drug-likeness (QED) is 0.329. The number of aryl methyl sites for hydroxylation is 1. The van der Waals surface area contributed by atoms with Crippen LogP contribution in [-0.4, -0.2) is 0 Å². The molecule has 0 nitrogen and oxygen atoms in total. The summed E-state index contributed by atoms with van der Waals surface area (Å²) in [5.74, 6) is 6.55. The zero-order valence-corrected chi connectivity index (χ0v) is 20.5. The lowest BCUT2D eigenvalue weighted by molar-refractivity contribution is -0.0871. The van der Waals surface area contributed by atoms with E-state index in [-0.39, 0.29) is 0 Å². The molecule has 0 aromatic heterocycles. The van der Waals surface area contributed by atoms with Gasteiger partial charge in [-0.15, -0.1) is 6.58 Å². The van der Waals surface area contributed by atoms with Crippen molar-refractivity contribution in [2.75, 3.05) is 0 Å². The Hall–Kier alpha value is -1.04. The fourth-order valence-electron chi connectivity index (χ4n) is 8.81. The second-order valence-electron chi connectivity index (χ2n) is 11.7. The molecule has 7 unspecified atom stereocenters. The standard InChI is InChI=1S/C28H42.C3H6/c1-28-20-8-7-13-23(28)15-17-26-25-16-14-22(24(25)18-19-27(26)28)12-6-5-11-21-9-3-2-4-10-21;1-3-2/h2-4,9-10,22-27H,5-8,11-20H2,1H3;3H,1H2,2H3. The summed E-state index contributed by atoms with van der Waals surface area (Å²) in [5, 5.41) is 0. The number of allylic oxidation sites excluding steroid dienone is 1. The van der Waals surface area contributed by atoms with Crippen LogP contribution < -0.4 is 0 Å². The lowest BCUT2D eigenvalue weighted by Crippen LogP contribution is -2.50. The van der Waals surface area contributed by atoms with Gasteiger partial charge in [0.05, 0.1) is 0 Å². The maximum atomic E-state index is 3.36. The predicted molar refractivity (Wildman–Crippen MR) is 135 cm³/mol. The molecule has 0 spiro atoms. The molecule has 1 aromatic rings. The third kappa shape index (κ3) is 4.99. The summed E-state index contributed by atoms with van der Waals surface area (Å²) >= 11 is 0. The Morgan fingerprint density at radius 2 is 1.61 bits per heavy atom. The third-order valence-electron chi connectivity index (χ3n) is 10.2. The number of fused-ring (bicyclic) bond motifs is 5. The minimum absolute atomic E-state index is 0.722. The Bertz CT molecular complexity index is 675. The van der Waals surface area contributed by atoms with Crippen LogP contribution in [0, 0.1) is 40.9 Å². The first-order valence-corrected chi connectivity index (χ1v) is 13.8. The molecule has 0 heteroatoms. The largest absolute Gasteiger partial charge is 0.103 e. The SMILES string of the molecule is C=CC.CC12CCCCC1CCC1C3CCC(CCCCc4ccccc4)C3CCC12. The van der Waals surface area contributed by atoms with E-state index in [0.29, 0.717) is 0 Å². The van der Waals surface area contributed by atoms with Crippen molar-refractivity contribution in [2.45, 2.75) is 104 Å². The van der Waals surface area contributed by atoms with Gasteiger partial charge >= 0.3 is 0 Å². The average Bonchev–Trinajstić information content (AvgIpc) is 3.21. The first kappa shape index (κ1) is 23.1. The Kier molecular flexibility index (Phi) is 8.00. The molecule has 4 aliphatic rings. The van der Waals surface area contributed by atoms with Crippen molar-refractivity contribution < 1.29 is 0 Å². The van der Waals surface area contributed by atoms with Crippen LogP contribution in [0.15, 0.2) is 43.0 Å². The highest BCUT2D eigenvalue weighted by Gasteiger charge is 2.55. The van der Waals surface area contributed by atoms with Gasteiger partial charge in [-0.25, -0.2) is 0 Å². The summed E-state index contributed by atoms with van der Waals surface area (Å²) in [5.41, 5.74) is 2.25. The summed E-state index contributed by atoms with van der Waals surface area (Å²) < 4.78 is 0. The van der Waals surface area contributed by atoms with Gasteiger partial charge in [0, 0.05) is 0 Å². The number of unbranched alkanes of at least 4 members (excludes halogenated alkanes) is 1. The molecular weight excluding hydrogens is 372 g/mol. The summed E-state index contributed by atoms with van der Waals surface area (Å²) in [6, 6.07) is 11.1. The van der Waals surface area contributed by atoms with Crippen LogP contribution in [-0.2, 0) is 6.42 Å². The van der Waals surface area contributed by atoms with Crippen molar-refractivity contribution in [3.8, 4) is 0 Å². The highest BCUT2D eigenvalue weighted by atomic mass is 14.6. The van der Waals surface area contributed by atoms with Gasteiger partial charge in [-0.05, 0) is 118 Å². The number of benzene rings is 1. The summed E-state index contributed by atoms with van der Waals surface area (Å²) in [7, 11) is 0. The van der Waals surface area contributed by atoms with Crippen LogP contribution in [0.3, 0.4) is 0 Å². The van der Waals surface area contributed by atoms with Crippen molar-refractivity contribution in [3.63, 3.8) is 0 Å². The van der Waals surface area contributed by atoms with Gasteiger partial charge in [0.1, 0.15) is 0 Å². The van der Waals surface area contributed by atoms with E-state index in [0.717, 1.165) is 40.9 Å². The van der Waals surface area contributed by atoms with E-state index in [9.17, 15) is 0 Å². The van der Waals surface area contributed by atoms with Gasteiger partial charge in [-0.1, -0.05) is 69.0 Å². The maximum Gasteiger partial charge on any atom is -0.0266 e. The van der Waals surface area contributed by atoms with E-state index in [4.69, 9.17) is 0 Å². The molecule has 0 saturated heterocycles. The zero-order valence-electron chi connectivity index (χ0n) is 20.5. The second kappa shape index (κ2) is 10.7. The molecule has 0 heterocycles. The lowest BCUT2D eigenvalue weighted by atomic mass is 9.47. The molecule has 0 radical (unpaired) electrons. The maximum absolute atomic E-state index is 3.36. The molecule has 0 aliphatic heterocycles. The number of rotatable bonds is 5. The summed E-state index contributed by atoms with van der Waals surface area (Å²) in [4.78, 5) is 0. The fraction of sp³-hybridized carbons (Fsp3) is 0.742. The smallest absolute Gasteiger partial charge is 0.0266 e. The van der Waals surface area contributed by atoms with Gasteiger partial charge in [-0.3, -0.25) is 0 Å². The van der Waals surface area contributed by atoms with Crippen molar-refractivity contribution >= 4 is 0 Å². The molecule has 4 saturated carbocycles. The minimum atomic E-state index is 0.722. The zero-order chi connectivity index (χ0) is 21.7. The highest BCUT2D eigenvalue weighted by molar-refractivity contribution is 5.14. The van der Waals surface area contributed by atoms with Crippen LogP contribution in [0.25, 0.3) is 0 Å². The molecule has 0 amide bonds. The molecule has 7 atom stereocenters. The van der Waals surface area contributed by atoms with E-state index in [1.54, 1.807) is 57.4 Å². The van der Waals surface area contributed by atoms with Crippen LogP contribution in [0.5, 0.6) is 0 Å². The van der Waals surface area contributed by atoms with E-state index < -0.39 is 0 Å². The molecule has 172 valence electrons. The molecule has 4 aliphatic carbocycles. The molecule has 5 rings (SSSR count). The molecule has 31 heavy (non-hydrogen) atoms. The van der Waals surface area contributed by atoms with Crippen LogP contribution in [0.4, 0.5) is 0 Å². The Balaban J connectivity index is 0.000000730. The molecular formula is C31H48. The van der Waals surface area contributed by atoms with E-state index in [2.05, 4.69) is 43.8 Å². The second-order valence-corrected chi connectivity index (χ2v) is 11.7. The molecule has 0 bridgehead atoms. The fourth-order valence-corrected chi connectivity index (χ4v) is 8.81. The molecule has 4 fully saturated rings. The van der Waals surface area contributed by atoms with Gasteiger partial charge in [0.2, 0.25) is 0 Å². The highest BCUT2D eigenvalue weighted by Crippen LogP contribution is 2.64. The van der Waals surface area contributed by atoms with Gasteiger partial charge in [0.25, 0.3) is 0 Å². The van der Waals surface area contributed by atoms with Crippen LogP contribution in [0.2, 0.25) is 0 Å². The van der Waals surface area contributed by atoms with Crippen LogP contribution >= 0.6 is 0 Å². The van der Waals surface area contributed by atoms with Crippen molar-refractivity contribution in [2.24, 2.45) is 40.9 Å². The molecule has 0 N–H and O–H groups in total. The third-order valence-corrected chi connectivity index (χ3v) is 10.2. The average molecular weight is 421 g/mol. The van der Waals surface area contributed by atoms with Gasteiger partial charge in [-0.2, -0.15) is 0 Å². The minimum Gasteiger partial charge on any atom is -0.103 e. The van der Waals surface area contributed by atoms with Crippen molar-refractivity contribution in [1.29, 1.82) is 0 Å². The Labute approximate surface area is 193 Å². The van der Waals surface area contributed by atoms with E-state index in [1.807, 2.05) is 6.92 Å². The lowest BCUT2D eigenvalue weighted by Gasteiger charge is -2.58. The Morgan fingerprint density at radius 3 is 2.42 bits per heavy atom. The number of hydrogen-bond donors (Lipinski definition) is 0. The monoisotopic (exact) mass is 420 g/mol. The molecule has 1 aromatic carbocycles. The van der Waals surface area contributed by atoms with Crippen LogP contribution in [0.1, 0.15) is 103 Å². The first-order valence-electron chi connectivity index (χ1n) is 13.8. The van der Waals surface area contributed by atoms with Crippen molar-refractivity contribution in [1.82, 2.24) is 0 Å². The number of hydrogen-bond acceptors (Lipinski definition) is 0. The van der Waals surface area contributed by atoms with E-state index >= 15 is 0 Å². The summed E-state index contributed by atoms with van der Waals surface area (Å²) in [6.07, 6.45) is 23.0. The normalized spacial score (nSPS) is 38.8. The van der Waals surface area contributed by atoms with Gasteiger partial charge < -0.3 is 0 Å². The van der Waals surface area contributed by atoms with Gasteiger partial charge in [0.15, 0.2) is 0 Å². The van der Waals surface area contributed by atoms with Crippen molar-refractivity contribution in [3.05, 3.63) is 48.6 Å². The topological polar surface area (TPSA) is 0 Å².